The van der Waals surface area contributed by atoms with E-state index in [1.165, 1.54) is 18.3 Å². The van der Waals surface area contributed by atoms with Crippen LogP contribution in [0.25, 0.3) is 0 Å². The van der Waals surface area contributed by atoms with E-state index in [1.54, 1.807) is 12.1 Å². The zero-order valence-corrected chi connectivity index (χ0v) is 12.5. The van der Waals surface area contributed by atoms with E-state index in [2.05, 4.69) is 5.32 Å². The maximum absolute atomic E-state index is 12.9. The highest BCUT2D eigenvalue weighted by atomic mass is 35.5. The number of nitrogens with zero attached hydrogens (tertiary/aromatic N) is 1. The molecule has 120 valence electrons. The molecule has 0 saturated carbocycles. The van der Waals surface area contributed by atoms with E-state index in [-0.39, 0.29) is 22.8 Å². The number of hydrogen-bond donors (Lipinski definition) is 1. The van der Waals surface area contributed by atoms with Gasteiger partial charge in [-0.05, 0) is 24.3 Å². The minimum absolute atomic E-state index is 0.0283. The normalized spacial score (nSPS) is 10.2. The quantitative estimate of drug-likeness (QED) is 0.844. The van der Waals surface area contributed by atoms with Gasteiger partial charge in [-0.1, -0.05) is 17.7 Å². The molecule has 0 atom stereocenters. The molecule has 0 spiro atoms. The highest BCUT2D eigenvalue weighted by molar-refractivity contribution is 6.33. The number of pyridine rings is 1. The Morgan fingerprint density at radius 3 is 2.74 bits per heavy atom. The van der Waals surface area contributed by atoms with Gasteiger partial charge in [0.25, 0.3) is 11.5 Å². The van der Waals surface area contributed by atoms with Crippen molar-refractivity contribution < 1.29 is 18.7 Å². The second-order valence-corrected chi connectivity index (χ2v) is 4.91. The molecule has 1 aromatic heterocycles. The number of nitrogens with one attached hydrogen (secondary N) is 1. The molecular formula is C15H12ClFN2O4. The third kappa shape index (κ3) is 4.93. The number of halogens is 2. The van der Waals surface area contributed by atoms with E-state index < -0.39 is 24.3 Å². The van der Waals surface area contributed by atoms with Gasteiger partial charge in [0, 0.05) is 12.3 Å². The molecule has 8 heteroatoms. The Labute approximate surface area is 135 Å². The Hall–Kier alpha value is -2.67. The van der Waals surface area contributed by atoms with Crippen molar-refractivity contribution in [2.75, 3.05) is 11.9 Å². The number of rotatable bonds is 5. The molecule has 0 aliphatic carbocycles. The van der Waals surface area contributed by atoms with Gasteiger partial charge in [0.2, 0.25) is 0 Å². The molecule has 1 N–H and O–H groups in total. The molecule has 0 saturated heterocycles. The first kappa shape index (κ1) is 16.7. The fourth-order valence-corrected chi connectivity index (χ4v) is 1.91. The van der Waals surface area contributed by atoms with Gasteiger partial charge < -0.3 is 14.6 Å². The summed E-state index contributed by atoms with van der Waals surface area (Å²) in [4.78, 5) is 34.7. The average Bonchev–Trinajstić information content (AvgIpc) is 2.50. The van der Waals surface area contributed by atoms with Crippen LogP contribution in [0.15, 0.2) is 47.4 Å². The Morgan fingerprint density at radius 1 is 1.26 bits per heavy atom. The monoisotopic (exact) mass is 338 g/mol. The molecule has 6 nitrogen and oxygen atoms in total. The summed E-state index contributed by atoms with van der Waals surface area (Å²) in [7, 11) is 0. The number of aromatic nitrogens is 1. The van der Waals surface area contributed by atoms with Crippen molar-refractivity contribution in [3.8, 4) is 0 Å². The first-order chi connectivity index (χ1) is 11.0. The SMILES string of the molecule is O=C(COC(=O)Cn1ccccc1=O)Nc1ccc(F)cc1Cl. The summed E-state index contributed by atoms with van der Waals surface area (Å²) >= 11 is 5.76. The van der Waals surface area contributed by atoms with Gasteiger partial charge in [-0.3, -0.25) is 14.4 Å². The standard InChI is InChI=1S/C15H12ClFN2O4/c16-11-7-10(17)4-5-12(11)18-13(20)9-23-15(22)8-19-6-2-1-3-14(19)21/h1-7H,8-9H2,(H,18,20). The van der Waals surface area contributed by atoms with Gasteiger partial charge >= 0.3 is 5.97 Å². The van der Waals surface area contributed by atoms with Crippen LogP contribution in [0, 0.1) is 5.82 Å². The minimum atomic E-state index is -0.737. The number of carbonyl (C=O) groups is 2. The molecule has 0 aliphatic heterocycles. The highest BCUT2D eigenvalue weighted by Crippen LogP contribution is 2.22. The zero-order valence-electron chi connectivity index (χ0n) is 11.8. The topological polar surface area (TPSA) is 77.4 Å². The number of benzene rings is 1. The molecule has 23 heavy (non-hydrogen) atoms. The molecule has 0 bridgehead atoms. The lowest BCUT2D eigenvalue weighted by molar-refractivity contribution is -0.147. The van der Waals surface area contributed by atoms with Gasteiger partial charge in [0.1, 0.15) is 12.4 Å². The highest BCUT2D eigenvalue weighted by Gasteiger charge is 2.11. The van der Waals surface area contributed by atoms with Crippen LogP contribution in [-0.2, 0) is 20.9 Å². The molecule has 2 aromatic rings. The van der Waals surface area contributed by atoms with Crippen LogP contribution in [0.3, 0.4) is 0 Å². The maximum Gasteiger partial charge on any atom is 0.326 e. The Bertz CT molecular complexity index is 791. The number of anilines is 1. The third-order valence-corrected chi connectivity index (χ3v) is 3.08. The summed E-state index contributed by atoms with van der Waals surface area (Å²) in [6.45, 7) is -0.849. The van der Waals surface area contributed by atoms with E-state index >= 15 is 0 Å². The van der Waals surface area contributed by atoms with Crippen molar-refractivity contribution in [2.24, 2.45) is 0 Å². The predicted molar refractivity (Wildman–Crippen MR) is 81.7 cm³/mol. The van der Waals surface area contributed by atoms with Crippen LogP contribution < -0.4 is 10.9 Å². The summed E-state index contributed by atoms with van der Waals surface area (Å²) in [5, 5.41) is 2.41. The summed E-state index contributed by atoms with van der Waals surface area (Å²) in [6.07, 6.45) is 1.43. The second-order valence-electron chi connectivity index (χ2n) is 4.50. The molecule has 0 radical (unpaired) electrons. The van der Waals surface area contributed by atoms with Crippen LogP contribution in [0.5, 0.6) is 0 Å². The summed E-state index contributed by atoms with van der Waals surface area (Å²) in [5.74, 6) is -1.90. The lowest BCUT2D eigenvalue weighted by Crippen LogP contribution is -2.27. The molecule has 1 heterocycles. The zero-order chi connectivity index (χ0) is 16.8. The molecule has 0 unspecified atom stereocenters. The van der Waals surface area contributed by atoms with E-state index in [0.29, 0.717) is 0 Å². The number of ether oxygens (including phenoxy) is 1. The van der Waals surface area contributed by atoms with E-state index in [9.17, 15) is 18.8 Å². The van der Waals surface area contributed by atoms with Crippen molar-refractivity contribution in [3.63, 3.8) is 0 Å². The molecule has 2 rings (SSSR count). The maximum atomic E-state index is 12.9. The van der Waals surface area contributed by atoms with Crippen LogP contribution in [-0.4, -0.2) is 23.1 Å². The Morgan fingerprint density at radius 2 is 2.04 bits per heavy atom. The van der Waals surface area contributed by atoms with Gasteiger partial charge in [0.15, 0.2) is 6.61 Å². The number of carbonyl (C=O) groups excluding carboxylic acids is 2. The lowest BCUT2D eigenvalue weighted by Gasteiger charge is -2.08. The van der Waals surface area contributed by atoms with E-state index in [0.717, 1.165) is 16.7 Å². The van der Waals surface area contributed by atoms with E-state index in [4.69, 9.17) is 16.3 Å². The van der Waals surface area contributed by atoms with Crippen LogP contribution in [0.2, 0.25) is 5.02 Å². The molecule has 0 fully saturated rings. The van der Waals surface area contributed by atoms with Crippen molar-refractivity contribution in [3.05, 3.63) is 63.8 Å². The summed E-state index contributed by atoms with van der Waals surface area (Å²) in [5.41, 5.74) is -0.152. The van der Waals surface area contributed by atoms with Crippen molar-refractivity contribution in [1.82, 2.24) is 4.57 Å². The molecule has 1 amide bonds. The van der Waals surface area contributed by atoms with Gasteiger partial charge in [0.05, 0.1) is 10.7 Å². The fourth-order valence-electron chi connectivity index (χ4n) is 1.70. The van der Waals surface area contributed by atoms with E-state index in [1.807, 2.05) is 0 Å². The van der Waals surface area contributed by atoms with Crippen LogP contribution >= 0.6 is 11.6 Å². The molecular weight excluding hydrogens is 327 g/mol. The second kappa shape index (κ2) is 7.55. The lowest BCUT2D eigenvalue weighted by atomic mass is 10.3. The fraction of sp³-hybridized carbons (Fsp3) is 0.133. The smallest absolute Gasteiger partial charge is 0.326 e. The molecule has 0 aliphatic rings. The van der Waals surface area contributed by atoms with Crippen molar-refractivity contribution >= 4 is 29.2 Å². The minimum Gasteiger partial charge on any atom is -0.454 e. The largest absolute Gasteiger partial charge is 0.454 e. The third-order valence-electron chi connectivity index (χ3n) is 2.77. The van der Waals surface area contributed by atoms with Gasteiger partial charge in [-0.2, -0.15) is 0 Å². The van der Waals surface area contributed by atoms with Crippen LogP contribution in [0.4, 0.5) is 10.1 Å². The van der Waals surface area contributed by atoms with Gasteiger partial charge in [-0.25, -0.2) is 4.39 Å². The number of esters is 1. The average molecular weight is 339 g/mol. The summed E-state index contributed by atoms with van der Waals surface area (Å²) < 4.78 is 18.8. The predicted octanol–water partition coefficient (Wildman–Crippen LogP) is 1.82. The van der Waals surface area contributed by atoms with Crippen LogP contribution in [0.1, 0.15) is 0 Å². The number of amides is 1. The molecule has 1 aromatic carbocycles. The Balaban J connectivity index is 1.85. The van der Waals surface area contributed by atoms with Gasteiger partial charge in [-0.15, -0.1) is 0 Å². The first-order valence-electron chi connectivity index (χ1n) is 6.51. The van der Waals surface area contributed by atoms with Crippen molar-refractivity contribution in [1.29, 1.82) is 0 Å². The Kier molecular flexibility index (Phi) is 5.48. The number of hydrogen-bond acceptors (Lipinski definition) is 4. The summed E-state index contributed by atoms with van der Waals surface area (Å²) in [6, 6.07) is 7.92. The van der Waals surface area contributed by atoms with Crippen molar-refractivity contribution in [2.45, 2.75) is 6.54 Å². The first-order valence-corrected chi connectivity index (χ1v) is 6.89.